The number of hydrogen-bond donors (Lipinski definition) is 0. The topological polar surface area (TPSA) is 37.1 Å². The van der Waals surface area contributed by atoms with Crippen molar-refractivity contribution in [2.45, 2.75) is 0 Å². The highest BCUT2D eigenvalue weighted by atomic mass is 35.5. The van der Waals surface area contributed by atoms with E-state index in [2.05, 4.69) is 9.97 Å². The lowest BCUT2D eigenvalue weighted by atomic mass is 10.2. The van der Waals surface area contributed by atoms with Crippen LogP contribution >= 0.6 is 34.8 Å². The van der Waals surface area contributed by atoms with Crippen LogP contribution in [0.1, 0.15) is 0 Å². The first-order valence-corrected chi connectivity index (χ1v) is 10.1. The molecule has 3 aromatic carbocycles. The fourth-order valence-corrected chi connectivity index (χ4v) is 2.89. The van der Waals surface area contributed by atoms with E-state index in [9.17, 15) is 17.3 Å². The Balaban J connectivity index is 0.000000523. The van der Waals surface area contributed by atoms with Crippen molar-refractivity contribution in [3.05, 3.63) is 87.9 Å². The summed E-state index contributed by atoms with van der Waals surface area (Å²) in [7, 11) is -6.00. The molecule has 0 bridgehead atoms. The van der Waals surface area contributed by atoms with Gasteiger partial charge < -0.3 is 17.3 Å². The molecule has 3 nitrogen and oxygen atoms in total. The molecule has 4 rings (SSSR count). The van der Waals surface area contributed by atoms with Crippen molar-refractivity contribution in [2.24, 2.45) is 0 Å². The summed E-state index contributed by atoms with van der Waals surface area (Å²) in [5.74, 6) is 1.42. The monoisotopic (exact) mass is 500 g/mol. The minimum atomic E-state index is -6.00. The third kappa shape index (κ3) is 7.19. The Kier molecular flexibility index (Phi) is 7.71. The van der Waals surface area contributed by atoms with Gasteiger partial charge in [0.05, 0.1) is 0 Å². The fraction of sp³-hybridized carbons (Fsp3) is 0. The summed E-state index contributed by atoms with van der Waals surface area (Å²) in [5.41, 5.74) is 2.43. The number of benzene rings is 3. The summed E-state index contributed by atoms with van der Waals surface area (Å²) in [6.07, 6.45) is 0. The maximum absolute atomic E-state index is 9.75. The number of hydrogen-bond acceptors (Lipinski definition) is 2. The summed E-state index contributed by atoms with van der Waals surface area (Å²) >= 11 is 18.0. The third-order valence-corrected chi connectivity index (χ3v) is 4.65. The zero-order valence-electron chi connectivity index (χ0n) is 16.0. The van der Waals surface area contributed by atoms with Crippen molar-refractivity contribution in [3.63, 3.8) is 0 Å². The Hall–Kier alpha value is -2.68. The first kappa shape index (κ1) is 24.0. The average molecular weight is 502 g/mol. The van der Waals surface area contributed by atoms with Gasteiger partial charge in [-0.05, 0) is 72.8 Å². The van der Waals surface area contributed by atoms with Crippen molar-refractivity contribution in [2.75, 3.05) is 0 Å². The average Bonchev–Trinajstić information content (AvgIpc) is 2.74. The molecule has 11 heteroatoms. The van der Waals surface area contributed by atoms with Gasteiger partial charge in [0.25, 0.3) is 0 Å². The Morgan fingerprint density at radius 1 is 0.531 bits per heavy atom. The van der Waals surface area contributed by atoms with Crippen LogP contribution in [0.25, 0.3) is 34.3 Å². The lowest BCUT2D eigenvalue weighted by Crippen LogP contribution is -2.02. The summed E-state index contributed by atoms with van der Waals surface area (Å²) < 4.78 is 45.0. The minimum absolute atomic E-state index is 0.441. The van der Waals surface area contributed by atoms with E-state index < -0.39 is 7.25 Å². The molecule has 4 aromatic rings. The van der Waals surface area contributed by atoms with Gasteiger partial charge in [0.1, 0.15) is 11.1 Å². The molecule has 0 atom stereocenters. The largest absolute Gasteiger partial charge is 0.673 e. The van der Waals surface area contributed by atoms with Crippen LogP contribution in [0.4, 0.5) is 17.3 Å². The first-order valence-electron chi connectivity index (χ1n) is 8.96. The molecule has 1 heterocycles. The smallest absolute Gasteiger partial charge is 0.418 e. The molecule has 0 amide bonds. The molecule has 0 aliphatic rings. The second kappa shape index (κ2) is 10.3. The van der Waals surface area contributed by atoms with Crippen LogP contribution in [-0.4, -0.2) is 17.2 Å². The van der Waals surface area contributed by atoms with Crippen LogP contribution in [0.15, 0.2) is 77.2 Å². The Labute approximate surface area is 195 Å². The van der Waals surface area contributed by atoms with E-state index in [0.717, 1.165) is 16.7 Å². The summed E-state index contributed by atoms with van der Waals surface area (Å²) in [4.78, 5) is 9.17. The summed E-state index contributed by atoms with van der Waals surface area (Å²) in [6, 6.07) is 21.9. The Morgan fingerprint density at radius 3 is 1.12 bits per heavy atom. The van der Waals surface area contributed by atoms with E-state index in [-0.39, 0.29) is 0 Å². The minimum Gasteiger partial charge on any atom is -0.418 e. The van der Waals surface area contributed by atoms with Gasteiger partial charge in [-0.3, -0.25) is 0 Å². The van der Waals surface area contributed by atoms with E-state index in [1.54, 1.807) is 36.4 Å². The van der Waals surface area contributed by atoms with Crippen molar-refractivity contribution >= 4 is 42.1 Å². The zero-order chi connectivity index (χ0) is 23.3. The van der Waals surface area contributed by atoms with Crippen molar-refractivity contribution in [1.29, 1.82) is 0 Å². The van der Waals surface area contributed by atoms with Crippen molar-refractivity contribution in [1.82, 2.24) is 9.97 Å². The van der Waals surface area contributed by atoms with Crippen LogP contribution < -0.4 is 0 Å². The molecule has 0 saturated heterocycles. The summed E-state index contributed by atoms with van der Waals surface area (Å²) in [6.45, 7) is 0. The predicted molar refractivity (Wildman–Crippen MR) is 120 cm³/mol. The highest BCUT2D eigenvalue weighted by Crippen LogP contribution is 2.29. The molecule has 0 unspecified atom stereocenters. The molecular weight excluding hydrogens is 489 g/mol. The predicted octanol–water partition coefficient (Wildman–Crippen LogP) is 8.61. The van der Waals surface area contributed by atoms with Crippen molar-refractivity contribution in [3.8, 4) is 34.3 Å². The van der Waals surface area contributed by atoms with Gasteiger partial charge in [0, 0.05) is 20.6 Å². The van der Waals surface area contributed by atoms with Crippen LogP contribution in [0.2, 0.25) is 15.1 Å². The molecule has 0 saturated carbocycles. The molecule has 0 N–H and O–H groups in total. The molecule has 1 aromatic heterocycles. The zero-order valence-corrected chi connectivity index (χ0v) is 18.2. The van der Waals surface area contributed by atoms with Crippen LogP contribution in [0.5, 0.6) is 0 Å². The maximum Gasteiger partial charge on any atom is 0.673 e. The van der Waals surface area contributed by atoms with Gasteiger partial charge in [-0.1, -0.05) is 34.8 Å². The molecule has 32 heavy (non-hydrogen) atoms. The van der Waals surface area contributed by atoms with Gasteiger partial charge in [-0.2, -0.15) is 4.42 Å². The number of nitrogens with zero attached hydrogens (tertiary/aromatic N) is 2. The molecule has 0 fully saturated rings. The second-order valence-corrected chi connectivity index (χ2v) is 7.58. The van der Waals surface area contributed by atoms with Gasteiger partial charge in [0.15, 0.2) is 5.82 Å². The molecule has 0 radical (unpaired) electrons. The molecule has 0 aliphatic carbocycles. The second-order valence-electron chi connectivity index (χ2n) is 6.28. The SMILES string of the molecule is Clc1ccc(-c2nc(-c3ccc(Cl)cc3)[o+]c(-c3ccc(Cl)cc3)n2)cc1.F[B-](F)(F)F. The van der Waals surface area contributed by atoms with E-state index in [1.807, 2.05) is 36.4 Å². The number of aromatic nitrogens is 2. The lowest BCUT2D eigenvalue weighted by molar-refractivity contribution is 0.368. The van der Waals surface area contributed by atoms with E-state index in [4.69, 9.17) is 39.2 Å². The normalized spacial score (nSPS) is 11.0. The van der Waals surface area contributed by atoms with Gasteiger partial charge in [0.2, 0.25) is 0 Å². The molecule has 0 spiro atoms. The van der Waals surface area contributed by atoms with E-state index in [1.165, 1.54) is 0 Å². The highest BCUT2D eigenvalue weighted by molar-refractivity contribution is 6.50. The number of halogens is 7. The van der Waals surface area contributed by atoms with Crippen LogP contribution in [-0.2, 0) is 0 Å². The van der Waals surface area contributed by atoms with Gasteiger partial charge >= 0.3 is 19.0 Å². The number of rotatable bonds is 3. The maximum atomic E-state index is 9.75. The first-order chi connectivity index (χ1) is 15.1. The molecule has 0 aliphatic heterocycles. The van der Waals surface area contributed by atoms with Gasteiger partial charge in [-0.25, -0.2) is 0 Å². The summed E-state index contributed by atoms with van der Waals surface area (Å²) in [5, 5.41) is 1.93. The molecular formula is C21H12BCl3F4N2O. The van der Waals surface area contributed by atoms with E-state index in [0.29, 0.717) is 32.7 Å². The van der Waals surface area contributed by atoms with Crippen LogP contribution in [0.3, 0.4) is 0 Å². The fourth-order valence-electron chi connectivity index (χ4n) is 2.51. The van der Waals surface area contributed by atoms with Gasteiger partial charge in [-0.15, -0.1) is 9.97 Å². The van der Waals surface area contributed by atoms with E-state index >= 15 is 0 Å². The highest BCUT2D eigenvalue weighted by Gasteiger charge is 2.24. The Bertz CT molecular complexity index is 1030. The lowest BCUT2D eigenvalue weighted by Gasteiger charge is -2.01. The van der Waals surface area contributed by atoms with Crippen LogP contribution in [0, 0.1) is 0 Å². The standard InChI is InChI=1S/C21H12Cl3N2O.BF4/c22-16-7-1-13(2-8-16)19-25-20(14-3-9-17(23)10-4-14)27-21(26-19)15-5-11-18(24)12-6-15;2-1(3,4)5/h1-12H;/q+1;-1. The quantitative estimate of drug-likeness (QED) is 0.160. The third-order valence-electron chi connectivity index (χ3n) is 3.89. The van der Waals surface area contributed by atoms with Crippen molar-refractivity contribution < 1.29 is 21.7 Å². The molecule has 164 valence electrons. The Morgan fingerprint density at radius 2 is 0.812 bits per heavy atom.